The van der Waals surface area contributed by atoms with Crippen LogP contribution in [0.3, 0.4) is 0 Å². The van der Waals surface area contributed by atoms with E-state index in [4.69, 9.17) is 4.42 Å². The van der Waals surface area contributed by atoms with E-state index in [9.17, 15) is 18.5 Å². The zero-order valence-corrected chi connectivity index (χ0v) is 17.8. The number of allylic oxidation sites excluding steroid dienone is 1. The van der Waals surface area contributed by atoms with Crippen LogP contribution in [0.15, 0.2) is 61.3 Å². The van der Waals surface area contributed by atoms with Gasteiger partial charge in [-0.3, -0.25) is 4.79 Å². The largest absolute Gasteiger partial charge is 0.455 e. The molecule has 0 radical (unpaired) electrons. The van der Waals surface area contributed by atoms with Crippen LogP contribution in [0, 0.1) is 17.2 Å². The molecule has 0 unspecified atom stereocenters. The topological polar surface area (TPSA) is 113 Å². The maximum Gasteiger partial charge on any atom is 0.264 e. The van der Waals surface area contributed by atoms with Gasteiger partial charge >= 0.3 is 0 Å². The molecule has 1 aliphatic carbocycles. The molecular weight excluding hydrogens is 422 g/mol. The van der Waals surface area contributed by atoms with Gasteiger partial charge in [0.25, 0.3) is 10.0 Å². The van der Waals surface area contributed by atoms with Crippen LogP contribution < -0.4 is 4.72 Å². The smallest absolute Gasteiger partial charge is 0.264 e. The molecule has 7 nitrogen and oxygen atoms in total. The van der Waals surface area contributed by atoms with Gasteiger partial charge in [0.1, 0.15) is 16.5 Å². The van der Waals surface area contributed by atoms with Crippen molar-refractivity contribution < 1.29 is 17.6 Å². The van der Waals surface area contributed by atoms with Gasteiger partial charge in [0.15, 0.2) is 0 Å². The number of aliphatic imine (C=N–C) groups is 1. The number of hydrogen-bond donors (Lipinski definition) is 1. The number of thioether (sulfide) groups is 1. The van der Waals surface area contributed by atoms with Gasteiger partial charge in [0.05, 0.1) is 22.8 Å². The van der Waals surface area contributed by atoms with Crippen LogP contribution in [0.5, 0.6) is 0 Å². The van der Waals surface area contributed by atoms with Gasteiger partial charge in [-0.05, 0) is 49.2 Å². The number of sulfonamides is 1. The minimum absolute atomic E-state index is 0.00503. The van der Waals surface area contributed by atoms with Crippen molar-refractivity contribution in [3.8, 4) is 17.4 Å². The van der Waals surface area contributed by atoms with E-state index in [0.717, 1.165) is 36.8 Å². The third kappa shape index (κ3) is 4.06. The average molecular weight is 442 g/mol. The van der Waals surface area contributed by atoms with Crippen LogP contribution in [0.1, 0.15) is 31.9 Å². The lowest BCUT2D eigenvalue weighted by atomic mass is 10.00. The van der Waals surface area contributed by atoms with Gasteiger partial charge in [-0.15, -0.1) is 11.8 Å². The number of carbonyl (C=O) groups is 1. The lowest BCUT2D eigenvalue weighted by Crippen LogP contribution is -2.28. The van der Waals surface area contributed by atoms with Gasteiger partial charge in [-0.1, -0.05) is 6.42 Å². The van der Waals surface area contributed by atoms with E-state index < -0.39 is 15.9 Å². The minimum atomic E-state index is -3.87. The Labute approximate surface area is 178 Å². The minimum Gasteiger partial charge on any atom is -0.455 e. The third-order valence-corrected chi connectivity index (χ3v) is 7.96. The molecule has 1 N–H and O–H groups in total. The van der Waals surface area contributed by atoms with Crippen LogP contribution in [-0.4, -0.2) is 25.8 Å². The lowest BCUT2D eigenvalue weighted by molar-refractivity contribution is -0.117. The summed E-state index contributed by atoms with van der Waals surface area (Å²) in [6, 6.07) is 11.9. The highest BCUT2D eigenvalue weighted by molar-refractivity contribution is 8.04. The van der Waals surface area contributed by atoms with E-state index in [-0.39, 0.29) is 4.90 Å². The van der Waals surface area contributed by atoms with Crippen molar-refractivity contribution in [2.45, 2.75) is 36.3 Å². The molecule has 1 amide bonds. The summed E-state index contributed by atoms with van der Waals surface area (Å²) in [5, 5.41) is 10.7. The Kier molecular flexibility index (Phi) is 5.54. The molecule has 154 valence electrons. The van der Waals surface area contributed by atoms with Crippen molar-refractivity contribution in [2.75, 3.05) is 0 Å². The molecule has 0 spiro atoms. The fraction of sp³-hybridized carbons (Fsp3) is 0.286. The molecule has 2 atom stereocenters. The number of nitriles is 1. The Morgan fingerprint density at radius 2 is 2.03 bits per heavy atom. The maximum absolute atomic E-state index is 12.0. The normalized spacial score (nSPS) is 21.1. The van der Waals surface area contributed by atoms with Crippen LogP contribution in [-0.2, 0) is 14.8 Å². The fourth-order valence-electron chi connectivity index (χ4n) is 3.74. The number of amides is 1. The number of furan rings is 1. The van der Waals surface area contributed by atoms with Crippen LogP contribution in [0.25, 0.3) is 11.3 Å². The molecule has 30 heavy (non-hydrogen) atoms. The second-order valence-corrected chi connectivity index (χ2v) is 10.1. The van der Waals surface area contributed by atoms with Gasteiger partial charge in [0, 0.05) is 23.7 Å². The number of hydrogen-bond acceptors (Lipinski definition) is 7. The van der Waals surface area contributed by atoms with Crippen molar-refractivity contribution in [1.82, 2.24) is 4.72 Å². The van der Waals surface area contributed by atoms with E-state index in [1.54, 1.807) is 42.2 Å². The van der Waals surface area contributed by atoms with Crippen molar-refractivity contribution in [2.24, 2.45) is 10.9 Å². The molecule has 0 saturated heterocycles. The van der Waals surface area contributed by atoms with Crippen molar-refractivity contribution in [3.63, 3.8) is 0 Å². The number of benzene rings is 1. The van der Waals surface area contributed by atoms with Crippen LogP contribution in [0.4, 0.5) is 0 Å². The summed E-state index contributed by atoms with van der Waals surface area (Å²) in [5.74, 6) is 0.784. The third-order valence-electron chi connectivity index (χ3n) is 5.10. The second-order valence-electron chi connectivity index (χ2n) is 7.17. The zero-order chi connectivity index (χ0) is 21.3. The summed E-state index contributed by atoms with van der Waals surface area (Å²) in [4.78, 5) is 15.5. The summed E-state index contributed by atoms with van der Waals surface area (Å²) in [7, 11) is -3.87. The highest BCUT2D eigenvalue weighted by Crippen LogP contribution is 2.50. The first-order valence-corrected chi connectivity index (χ1v) is 11.8. The Balaban J connectivity index is 1.50. The van der Waals surface area contributed by atoms with E-state index in [1.807, 2.05) is 4.72 Å². The van der Waals surface area contributed by atoms with E-state index in [1.165, 1.54) is 12.1 Å². The molecule has 1 aromatic heterocycles. The van der Waals surface area contributed by atoms with Crippen molar-refractivity contribution in [1.29, 1.82) is 5.26 Å². The quantitative estimate of drug-likeness (QED) is 0.706. The Hall–Kier alpha value is -2.83. The zero-order valence-electron chi connectivity index (χ0n) is 16.2. The monoisotopic (exact) mass is 441 g/mol. The van der Waals surface area contributed by atoms with Crippen molar-refractivity contribution in [3.05, 3.63) is 52.8 Å². The Morgan fingerprint density at radius 3 is 2.73 bits per heavy atom. The van der Waals surface area contributed by atoms with Crippen LogP contribution in [0.2, 0.25) is 0 Å². The first-order chi connectivity index (χ1) is 14.4. The van der Waals surface area contributed by atoms with Gasteiger partial charge in [0.2, 0.25) is 5.91 Å². The molecule has 2 heterocycles. The highest BCUT2D eigenvalue weighted by atomic mass is 32.2. The number of fused-ring (bicyclic) bond motifs is 1. The van der Waals surface area contributed by atoms with Crippen molar-refractivity contribution >= 4 is 33.9 Å². The SMILES string of the molecule is CC(=O)NS(=O)(=O)c1ccc(-c2ccc(C=NC3=C(C#N)[C@@H]4CCC[C@@H]4S3)o2)cc1. The highest BCUT2D eigenvalue weighted by Gasteiger charge is 2.39. The predicted octanol–water partition coefficient (Wildman–Crippen LogP) is 3.84. The standard InChI is InChI=1S/C21H19N3O4S2/c1-13(25)24-30(26,27)16-8-5-14(6-9-16)19-10-7-15(28-19)12-23-21-18(11-22)17-3-2-4-20(17)29-21/h5-10,12,17,20H,2-4H2,1H3,(H,24,25)/t17-,20-/m0/s1. The number of rotatable bonds is 5. The number of carbonyl (C=O) groups excluding carboxylic acids is 1. The molecule has 1 aromatic carbocycles. The molecule has 4 rings (SSSR count). The summed E-state index contributed by atoms with van der Waals surface area (Å²) in [6.07, 6.45) is 4.95. The van der Waals surface area contributed by atoms with Gasteiger partial charge in [-0.2, -0.15) is 5.26 Å². The Morgan fingerprint density at radius 1 is 1.27 bits per heavy atom. The summed E-state index contributed by atoms with van der Waals surface area (Å²) in [6.45, 7) is 1.14. The molecule has 1 saturated carbocycles. The lowest BCUT2D eigenvalue weighted by Gasteiger charge is -2.05. The average Bonchev–Trinajstić information content (AvgIpc) is 3.41. The van der Waals surface area contributed by atoms with E-state index >= 15 is 0 Å². The second kappa shape index (κ2) is 8.13. The molecular formula is C21H19N3O4S2. The van der Waals surface area contributed by atoms with E-state index in [2.05, 4.69) is 11.1 Å². The summed E-state index contributed by atoms with van der Waals surface area (Å²) in [5.41, 5.74) is 1.47. The van der Waals surface area contributed by atoms with Gasteiger partial charge in [-0.25, -0.2) is 18.1 Å². The number of nitrogens with zero attached hydrogens (tertiary/aromatic N) is 2. The molecule has 9 heteroatoms. The summed E-state index contributed by atoms with van der Waals surface area (Å²) < 4.78 is 31.8. The van der Waals surface area contributed by atoms with Gasteiger partial charge < -0.3 is 4.42 Å². The number of nitrogens with one attached hydrogen (secondary N) is 1. The maximum atomic E-state index is 12.0. The molecule has 1 fully saturated rings. The Bertz CT molecular complexity index is 1190. The summed E-state index contributed by atoms with van der Waals surface area (Å²) >= 11 is 1.68. The van der Waals surface area contributed by atoms with E-state index in [0.29, 0.717) is 28.3 Å². The predicted molar refractivity (Wildman–Crippen MR) is 114 cm³/mol. The molecule has 2 aliphatic rings. The first kappa shape index (κ1) is 20.4. The first-order valence-electron chi connectivity index (χ1n) is 9.46. The molecule has 0 bridgehead atoms. The van der Waals surface area contributed by atoms with Crippen LogP contribution >= 0.6 is 11.8 Å². The molecule has 1 aliphatic heterocycles. The molecule has 2 aromatic rings. The fourth-order valence-corrected chi connectivity index (χ4v) is 6.18.